The molecule has 0 aromatic heterocycles. The molecule has 1 unspecified atom stereocenters. The minimum Gasteiger partial charge on any atom is -0.444 e. The van der Waals surface area contributed by atoms with Gasteiger partial charge in [-0.1, -0.05) is 39.7 Å². The van der Waals surface area contributed by atoms with Crippen molar-refractivity contribution in [3.05, 3.63) is 50.5 Å². The lowest BCUT2D eigenvalue weighted by molar-refractivity contribution is -0.134. The van der Waals surface area contributed by atoms with Gasteiger partial charge in [-0.15, -0.1) is 0 Å². The Morgan fingerprint density at radius 1 is 0.929 bits per heavy atom. The molecule has 0 saturated carbocycles. The van der Waals surface area contributed by atoms with Crippen LogP contribution in [0.25, 0.3) is 6.08 Å². The summed E-state index contributed by atoms with van der Waals surface area (Å²) >= 11 is 10.1. The van der Waals surface area contributed by atoms with Gasteiger partial charge in [-0.05, 0) is 132 Å². The zero-order chi connectivity index (χ0) is 30.0. The van der Waals surface area contributed by atoms with Gasteiger partial charge in [0.2, 0.25) is 5.91 Å². The van der Waals surface area contributed by atoms with Crippen molar-refractivity contribution in [3.63, 3.8) is 0 Å². The van der Waals surface area contributed by atoms with Crippen molar-refractivity contribution < 1.29 is 14.3 Å². The maximum atomic E-state index is 13.2. The molecule has 4 aliphatic rings. The van der Waals surface area contributed by atoms with Crippen molar-refractivity contribution in [3.8, 4) is 0 Å². The molecule has 1 atom stereocenters. The van der Waals surface area contributed by atoms with E-state index in [1.807, 2.05) is 26.8 Å². The molecule has 3 saturated heterocycles. The first-order valence-corrected chi connectivity index (χ1v) is 17.0. The maximum Gasteiger partial charge on any atom is 0.410 e. The highest BCUT2D eigenvalue weighted by molar-refractivity contribution is 9.12. The van der Waals surface area contributed by atoms with Crippen LogP contribution in [-0.2, 0) is 9.53 Å². The van der Waals surface area contributed by atoms with Gasteiger partial charge in [0, 0.05) is 42.1 Å². The monoisotopic (exact) mass is 659 g/mol. The Morgan fingerprint density at radius 3 is 2.14 bits per heavy atom. The summed E-state index contributed by atoms with van der Waals surface area (Å²) in [4.78, 5) is 32.1. The predicted molar refractivity (Wildman–Crippen MR) is 174 cm³/mol. The van der Waals surface area contributed by atoms with E-state index in [2.05, 4.69) is 56.9 Å². The minimum absolute atomic E-state index is 0.235. The highest BCUT2D eigenvalue weighted by Gasteiger charge is 2.34. The van der Waals surface area contributed by atoms with Crippen molar-refractivity contribution in [2.24, 2.45) is 17.8 Å². The van der Waals surface area contributed by atoms with Crippen LogP contribution in [0.1, 0.15) is 89.8 Å². The summed E-state index contributed by atoms with van der Waals surface area (Å²) in [5.74, 6) is 2.10. The lowest BCUT2D eigenvalue weighted by atomic mass is 9.78. The van der Waals surface area contributed by atoms with E-state index in [1.54, 1.807) is 4.90 Å². The van der Waals surface area contributed by atoms with Crippen LogP contribution >= 0.6 is 27.5 Å². The van der Waals surface area contributed by atoms with Gasteiger partial charge in [-0.3, -0.25) is 9.69 Å². The number of allylic oxidation sites excluding steroid dienone is 2. The number of rotatable bonds is 4. The molecule has 1 aromatic carbocycles. The van der Waals surface area contributed by atoms with E-state index in [4.69, 9.17) is 16.3 Å². The fraction of sp³-hybridized carbons (Fsp3) is 0.647. The number of amides is 2. The number of piperidine rings is 3. The summed E-state index contributed by atoms with van der Waals surface area (Å²) in [6.45, 7) is 13.2. The third-order valence-corrected chi connectivity index (χ3v) is 10.8. The first-order valence-electron chi connectivity index (χ1n) is 15.8. The van der Waals surface area contributed by atoms with Crippen molar-refractivity contribution in [1.82, 2.24) is 14.7 Å². The van der Waals surface area contributed by atoms with Crippen LogP contribution in [0.2, 0.25) is 5.02 Å². The zero-order valence-corrected chi connectivity index (χ0v) is 28.1. The Labute approximate surface area is 265 Å². The standard InChI is InChI=1S/C34H47BrClN3O3/c1-23-19-31(29-6-5-28(36)21-27(29)22-30(23)35)37-15-9-25(10-16-37)26-11-17-38(18-12-26)32(40)20-24-7-13-39(14-8-24)33(41)42-34(2,3)4/h5-6,19,21-22,24-26,31H,7-18,20H2,1-4H3. The summed E-state index contributed by atoms with van der Waals surface area (Å²) in [5, 5.41) is 0.774. The van der Waals surface area contributed by atoms with Gasteiger partial charge in [-0.2, -0.15) is 0 Å². The quantitative estimate of drug-likeness (QED) is 0.328. The molecule has 2 amide bonds. The second-order valence-electron chi connectivity index (χ2n) is 13.8. The molecule has 6 nitrogen and oxygen atoms in total. The zero-order valence-electron chi connectivity index (χ0n) is 25.7. The topological polar surface area (TPSA) is 53.1 Å². The number of nitrogens with zero attached hydrogens (tertiary/aromatic N) is 3. The van der Waals surface area contributed by atoms with E-state index in [1.165, 1.54) is 29.5 Å². The third-order valence-electron chi connectivity index (χ3n) is 9.69. The molecule has 5 rings (SSSR count). The molecule has 0 spiro atoms. The van der Waals surface area contributed by atoms with E-state index in [9.17, 15) is 9.59 Å². The normalized spacial score (nSPS) is 23.6. The van der Waals surface area contributed by atoms with Gasteiger partial charge >= 0.3 is 6.09 Å². The van der Waals surface area contributed by atoms with Crippen molar-refractivity contribution in [2.45, 2.75) is 84.3 Å². The van der Waals surface area contributed by atoms with Crippen LogP contribution in [0.5, 0.6) is 0 Å². The largest absolute Gasteiger partial charge is 0.444 e. The van der Waals surface area contributed by atoms with Crippen LogP contribution in [0.4, 0.5) is 4.79 Å². The lowest BCUT2D eigenvalue weighted by Crippen LogP contribution is -2.45. The van der Waals surface area contributed by atoms with Crippen LogP contribution in [0.15, 0.2) is 34.3 Å². The Hall–Kier alpha value is -1.83. The molecule has 3 aliphatic heterocycles. The molecule has 0 N–H and O–H groups in total. The van der Waals surface area contributed by atoms with Gasteiger partial charge in [0.1, 0.15) is 5.60 Å². The van der Waals surface area contributed by atoms with E-state index < -0.39 is 5.60 Å². The molecule has 8 heteroatoms. The van der Waals surface area contributed by atoms with Crippen molar-refractivity contribution in [2.75, 3.05) is 39.3 Å². The van der Waals surface area contributed by atoms with E-state index >= 15 is 0 Å². The van der Waals surface area contributed by atoms with Crippen LogP contribution in [-0.4, -0.2) is 71.6 Å². The van der Waals surface area contributed by atoms with E-state index in [0.29, 0.717) is 37.3 Å². The number of carbonyl (C=O) groups is 2. The van der Waals surface area contributed by atoms with Crippen LogP contribution in [0, 0.1) is 17.8 Å². The van der Waals surface area contributed by atoms with Gasteiger partial charge in [-0.25, -0.2) is 4.79 Å². The first-order chi connectivity index (χ1) is 20.0. The number of hydrogen-bond donors (Lipinski definition) is 0. The number of likely N-dealkylation sites (tertiary alicyclic amines) is 3. The average Bonchev–Trinajstić information content (AvgIpc) is 3.07. The molecular formula is C34H47BrClN3O3. The fourth-order valence-corrected chi connectivity index (χ4v) is 7.77. The van der Waals surface area contributed by atoms with E-state index in [-0.39, 0.29) is 12.1 Å². The molecule has 0 bridgehead atoms. The summed E-state index contributed by atoms with van der Waals surface area (Å²) in [7, 11) is 0. The van der Waals surface area contributed by atoms with Gasteiger partial charge < -0.3 is 14.5 Å². The number of ether oxygens (including phenoxy) is 1. The molecule has 3 heterocycles. The van der Waals surface area contributed by atoms with E-state index in [0.717, 1.165) is 67.3 Å². The molecule has 42 heavy (non-hydrogen) atoms. The Bertz CT molecular complexity index is 1200. The Morgan fingerprint density at radius 2 is 1.52 bits per heavy atom. The molecule has 1 aromatic rings. The number of carbonyl (C=O) groups excluding carboxylic acids is 2. The van der Waals surface area contributed by atoms with Crippen molar-refractivity contribution >= 4 is 45.6 Å². The Balaban J connectivity index is 1.07. The highest BCUT2D eigenvalue weighted by Crippen LogP contribution is 2.40. The minimum atomic E-state index is -0.477. The van der Waals surface area contributed by atoms with Gasteiger partial charge in [0.05, 0.1) is 6.04 Å². The van der Waals surface area contributed by atoms with Crippen molar-refractivity contribution in [1.29, 1.82) is 0 Å². The molecule has 3 fully saturated rings. The average molecular weight is 661 g/mol. The molecular weight excluding hydrogens is 614 g/mol. The fourth-order valence-electron chi connectivity index (χ4n) is 7.21. The van der Waals surface area contributed by atoms with Gasteiger partial charge in [0.25, 0.3) is 0 Å². The molecule has 230 valence electrons. The van der Waals surface area contributed by atoms with Gasteiger partial charge in [0.15, 0.2) is 0 Å². The first kappa shape index (κ1) is 31.6. The summed E-state index contributed by atoms with van der Waals surface area (Å²) in [6, 6.07) is 6.54. The number of fused-ring (bicyclic) bond motifs is 1. The maximum absolute atomic E-state index is 13.2. The molecule has 0 radical (unpaired) electrons. The summed E-state index contributed by atoms with van der Waals surface area (Å²) in [6.07, 6.45) is 11.4. The predicted octanol–water partition coefficient (Wildman–Crippen LogP) is 8.06. The third kappa shape index (κ3) is 7.81. The summed E-state index contributed by atoms with van der Waals surface area (Å²) in [5.41, 5.74) is 3.31. The van der Waals surface area contributed by atoms with Crippen LogP contribution in [0.3, 0.4) is 0 Å². The number of hydrogen-bond acceptors (Lipinski definition) is 4. The molecule has 1 aliphatic carbocycles. The second kappa shape index (κ2) is 13.4. The number of benzene rings is 1. The number of halogens is 2. The summed E-state index contributed by atoms with van der Waals surface area (Å²) < 4.78 is 6.64. The second-order valence-corrected chi connectivity index (χ2v) is 15.1. The highest BCUT2D eigenvalue weighted by atomic mass is 79.9. The smallest absolute Gasteiger partial charge is 0.410 e. The van der Waals surface area contributed by atoms with Crippen LogP contribution < -0.4 is 0 Å². The Kier molecular flexibility index (Phi) is 10.1. The SMILES string of the molecule is CC1=CC(N2CCC(C3CCN(C(=O)CC4CCN(C(=O)OC(C)(C)C)CC4)CC3)CC2)c2ccc(Cl)cc2C=C1Br. The lowest BCUT2D eigenvalue weighted by Gasteiger charge is -2.42.